The van der Waals surface area contributed by atoms with Crippen molar-refractivity contribution in [2.75, 3.05) is 138 Å². The molecule has 2 fully saturated rings. The van der Waals surface area contributed by atoms with Crippen molar-refractivity contribution in [2.45, 2.75) is 100 Å². The van der Waals surface area contributed by atoms with Crippen LogP contribution in [-0.2, 0) is 58.8 Å². The highest BCUT2D eigenvalue weighted by Crippen LogP contribution is 2.48. The van der Waals surface area contributed by atoms with Crippen LogP contribution < -0.4 is 30.2 Å². The number of alkyl halides is 4. The van der Waals surface area contributed by atoms with Crippen LogP contribution in [0.25, 0.3) is 0 Å². The number of halogens is 6. The van der Waals surface area contributed by atoms with Crippen LogP contribution in [-0.4, -0.2) is 196 Å². The fourth-order valence-electron chi connectivity index (χ4n) is 17.8. The highest BCUT2D eigenvalue weighted by molar-refractivity contribution is 9.10. The van der Waals surface area contributed by atoms with E-state index < -0.39 is 140 Å². The minimum atomic E-state index is -2.96. The van der Waals surface area contributed by atoms with Gasteiger partial charge in [-0.15, -0.1) is 0 Å². The quantitative estimate of drug-likeness (QED) is 0.00552. The number of Topliss-reactive ketones (excluding diaryl/α,β-unsaturated/α-hetero) is 2. The second-order valence-electron chi connectivity index (χ2n) is 33.7. The number of ketones is 2. The zero-order chi connectivity index (χ0) is 89.1. The molecule has 0 aliphatic carbocycles. The van der Waals surface area contributed by atoms with E-state index in [1.54, 1.807) is 39.8 Å². The third-order valence-corrected chi connectivity index (χ3v) is 25.8. The van der Waals surface area contributed by atoms with Crippen molar-refractivity contribution in [3.63, 3.8) is 0 Å². The standard InChI is InChI=1S/C98H108Br2F4N8O12/c1-11-107-61-75(85(113)73-55-77(101)81(57-79(73)107)109-43-47-111(48-44-109)97(67-31-19-13-20-32-67,68-33-21-14-22-34-68)69-35-23-15-24-36-69)89(117)121-51-53-123-91(119)95(9,99)63-93(5,6)65(3)59-105-87(115)83(103)84(104)88(116)106-60-66(4)94(7,8)64-96(10,100)92(120)124-54-52-122-90(118)76-62-108(12-2)80-58-82(78(102)56-74(80)86(76)114)110-45-49-112(50-46-110)98(70-37-25-16-26-38-70,71-39-27-17-28-40-71)72-41-29-18-30-42-72/h13-42,55-58,75-76,83-84H,3-4,11-12,43-54,59-64H2,1-2,5-10H3,(H,105,115)(H,106,116). The molecule has 0 saturated carbocycles. The number of hydrogen-bond donors (Lipinski definition) is 2. The number of esters is 4. The van der Waals surface area contributed by atoms with E-state index in [9.17, 15) is 38.4 Å². The Kier molecular flexibility index (Phi) is 29.5. The fourth-order valence-corrected chi connectivity index (χ4v) is 19.4. The lowest BCUT2D eigenvalue weighted by atomic mass is 9.75. The van der Waals surface area contributed by atoms with E-state index in [0.29, 0.717) is 99.3 Å². The van der Waals surface area contributed by atoms with Gasteiger partial charge in [0.25, 0.3) is 11.8 Å². The first-order chi connectivity index (χ1) is 59.2. The lowest BCUT2D eigenvalue weighted by Crippen LogP contribution is -2.56. The summed E-state index contributed by atoms with van der Waals surface area (Å²) in [4.78, 5) is 121. The maximum absolute atomic E-state index is 16.5. The molecule has 12 rings (SSSR count). The molecule has 0 aromatic heterocycles. The van der Waals surface area contributed by atoms with Crippen LogP contribution in [0.4, 0.5) is 40.3 Å². The molecule has 4 aliphatic heterocycles. The van der Waals surface area contributed by atoms with Crippen LogP contribution in [0.5, 0.6) is 0 Å². The van der Waals surface area contributed by atoms with E-state index in [1.165, 1.54) is 26.0 Å². The number of piperazine rings is 2. The average Bonchev–Trinajstić information content (AvgIpc) is 0.737. The minimum absolute atomic E-state index is 0.000343. The largest absolute Gasteiger partial charge is 0.461 e. The van der Waals surface area contributed by atoms with E-state index in [0.717, 1.165) is 33.4 Å². The van der Waals surface area contributed by atoms with Gasteiger partial charge in [0.05, 0.1) is 22.5 Å². The summed E-state index contributed by atoms with van der Waals surface area (Å²) >= 11 is 6.89. The van der Waals surface area contributed by atoms with Crippen molar-refractivity contribution in [3.8, 4) is 0 Å². The zero-order valence-electron chi connectivity index (χ0n) is 71.3. The van der Waals surface area contributed by atoms with Gasteiger partial charge in [0.15, 0.2) is 11.6 Å². The van der Waals surface area contributed by atoms with E-state index >= 15 is 17.6 Å². The van der Waals surface area contributed by atoms with Crippen LogP contribution in [0.2, 0.25) is 0 Å². The third kappa shape index (κ3) is 19.8. The van der Waals surface area contributed by atoms with Crippen LogP contribution in [0.3, 0.4) is 0 Å². The molecule has 8 aromatic rings. The fraction of sp³-hybridized carbons (Fsp3) is 0.388. The van der Waals surface area contributed by atoms with Gasteiger partial charge < -0.3 is 49.2 Å². The Bertz CT molecular complexity index is 4660. The second-order valence-corrected chi connectivity index (χ2v) is 37.2. The Hall–Kier alpha value is -10.8. The van der Waals surface area contributed by atoms with Crippen LogP contribution >= 0.6 is 31.9 Å². The number of rotatable bonds is 35. The van der Waals surface area contributed by atoms with Gasteiger partial charge >= 0.3 is 23.9 Å². The molecule has 8 aromatic carbocycles. The smallest absolute Gasteiger partial charge is 0.322 e. The summed E-state index contributed by atoms with van der Waals surface area (Å²) in [7, 11) is 0. The number of fused-ring (bicyclic) bond motifs is 2. The molecule has 0 radical (unpaired) electrons. The monoisotopic (exact) mass is 1820 g/mol. The first kappa shape index (κ1) is 92.4. The average molecular weight is 1830 g/mol. The molecule has 2 saturated heterocycles. The molecule has 20 nitrogen and oxygen atoms in total. The molecule has 0 spiro atoms. The number of nitrogens with zero attached hydrogens (tertiary/aromatic N) is 6. The predicted octanol–water partition coefficient (Wildman–Crippen LogP) is 15.5. The topological polar surface area (TPSA) is 217 Å². The molecular weight excluding hydrogens is 1720 g/mol. The number of ether oxygens (including phenoxy) is 4. The third-order valence-electron chi connectivity index (χ3n) is 24.6. The molecule has 4 heterocycles. The zero-order valence-corrected chi connectivity index (χ0v) is 74.5. The van der Waals surface area contributed by atoms with Gasteiger partial charge in [0.1, 0.15) is 58.5 Å². The van der Waals surface area contributed by atoms with Gasteiger partial charge in [0, 0.05) is 114 Å². The van der Waals surface area contributed by atoms with E-state index in [4.69, 9.17) is 18.9 Å². The van der Waals surface area contributed by atoms with Gasteiger partial charge in [0.2, 0.25) is 12.3 Å². The molecule has 124 heavy (non-hydrogen) atoms. The van der Waals surface area contributed by atoms with Crippen LogP contribution in [0, 0.1) is 34.3 Å². The minimum Gasteiger partial charge on any atom is -0.461 e. The predicted molar refractivity (Wildman–Crippen MR) is 480 cm³/mol. The Morgan fingerprint density at radius 2 is 0.685 bits per heavy atom. The summed E-state index contributed by atoms with van der Waals surface area (Å²) in [6.45, 7) is 24.3. The summed E-state index contributed by atoms with van der Waals surface area (Å²) in [5.41, 5.74) is 5.77. The SMILES string of the molecule is C=C(CNC(=O)C(F)C(F)C(=O)NCC(=C)C(C)(C)CC(C)(Br)C(=O)OCCOC(=O)C1CN(CC)c2cc(N3CCN(C(c4ccccc4)(c4ccccc4)c4ccccc4)CC3)c(F)cc2C1=O)C(C)(C)CC(C)(Br)C(=O)OCCOC(=O)C1CN(CC)c2cc(N3CCN(C(c4ccccc4)(c4ccccc4)c4ccccc4)CC3)c(F)cc2C1=O. The van der Waals surface area contributed by atoms with Crippen LogP contribution in [0.1, 0.15) is 122 Å². The lowest BCUT2D eigenvalue weighted by Gasteiger charge is -2.49. The normalized spacial score (nSPS) is 17.5. The lowest BCUT2D eigenvalue weighted by molar-refractivity contribution is -0.155. The van der Waals surface area contributed by atoms with Gasteiger partial charge in [-0.2, -0.15) is 0 Å². The molecule has 4 aliphatic rings. The number of hydrogen-bond acceptors (Lipinski definition) is 18. The number of anilines is 4. The van der Waals surface area contributed by atoms with E-state index in [1.807, 2.05) is 143 Å². The number of carbonyl (C=O) groups excluding carboxylic acids is 8. The summed E-state index contributed by atoms with van der Waals surface area (Å²) in [5, 5.41) is 4.57. The molecule has 6 atom stereocenters. The summed E-state index contributed by atoms with van der Waals surface area (Å²) < 4.78 is 83.4. The van der Waals surface area contributed by atoms with Crippen molar-refractivity contribution in [3.05, 3.63) is 287 Å². The van der Waals surface area contributed by atoms with Crippen molar-refractivity contribution in [1.29, 1.82) is 0 Å². The summed E-state index contributed by atoms with van der Waals surface area (Å²) in [6, 6.07) is 68.0. The van der Waals surface area contributed by atoms with Crippen molar-refractivity contribution in [2.24, 2.45) is 22.7 Å². The van der Waals surface area contributed by atoms with Crippen molar-refractivity contribution < 1.29 is 74.9 Å². The molecule has 2 N–H and O–H groups in total. The molecule has 26 heteroatoms. The van der Waals surface area contributed by atoms with E-state index in [2.05, 4.69) is 138 Å². The highest BCUT2D eigenvalue weighted by Gasteiger charge is 2.49. The Morgan fingerprint density at radius 1 is 0.419 bits per heavy atom. The molecule has 6 unspecified atom stereocenters. The van der Waals surface area contributed by atoms with Crippen molar-refractivity contribution >= 4 is 102 Å². The van der Waals surface area contributed by atoms with Gasteiger partial charge in [-0.25, -0.2) is 17.6 Å². The number of carbonyl (C=O) groups is 8. The van der Waals surface area contributed by atoms with Gasteiger partial charge in [-0.3, -0.25) is 48.2 Å². The summed E-state index contributed by atoms with van der Waals surface area (Å²) in [5.74, 6) is -11.2. The second kappa shape index (κ2) is 39.6. The first-order valence-corrected chi connectivity index (χ1v) is 43.6. The van der Waals surface area contributed by atoms with Gasteiger partial charge in [-0.1, -0.05) is 266 Å². The molecular formula is C98H108Br2F4N8O12. The Morgan fingerprint density at radius 3 is 0.952 bits per heavy atom. The number of benzene rings is 8. The summed E-state index contributed by atoms with van der Waals surface area (Å²) in [6.07, 6.45) is -5.91. The van der Waals surface area contributed by atoms with Crippen molar-refractivity contribution in [1.82, 2.24) is 20.4 Å². The first-order valence-electron chi connectivity index (χ1n) is 42.0. The number of nitrogens with one attached hydrogen (secondary N) is 2. The maximum atomic E-state index is 16.5. The van der Waals surface area contributed by atoms with Crippen LogP contribution in [0.15, 0.2) is 231 Å². The molecule has 0 bridgehead atoms. The van der Waals surface area contributed by atoms with Gasteiger partial charge in [-0.05, 0) is 109 Å². The highest BCUT2D eigenvalue weighted by atomic mass is 79.9. The Labute approximate surface area is 739 Å². The molecule has 654 valence electrons. The van der Waals surface area contributed by atoms with E-state index in [-0.39, 0.29) is 50.1 Å². The molecule has 2 amide bonds. The Balaban J connectivity index is 0.547. The maximum Gasteiger partial charge on any atom is 0.322 e. The number of amides is 2.